The number of carboxylic acid groups (broad SMARTS) is 1. The molecule has 0 aliphatic rings. The van der Waals surface area contributed by atoms with Gasteiger partial charge < -0.3 is 94.8 Å². The maximum Gasteiger partial charge on any atom is 0.335 e. The maximum absolute atomic E-state index is 14.4. The molecule has 0 aromatic heterocycles. The molecule has 0 saturated carbocycles. The third-order valence-electron chi connectivity index (χ3n) is 14.7. The summed E-state index contributed by atoms with van der Waals surface area (Å²) in [6, 6.07) is 17.9. The molecule has 0 fully saturated rings. The Morgan fingerprint density at radius 2 is 0.699 bits per heavy atom. The Labute approximate surface area is 539 Å². The van der Waals surface area contributed by atoms with E-state index in [2.05, 4.69) is 47.9 Å². The molecule has 5 aromatic carbocycles. The summed E-state index contributed by atoms with van der Waals surface area (Å²) in [4.78, 5) is 136. The molecule has 0 bridgehead atoms. The number of carboxylic acids is 1. The van der Waals surface area contributed by atoms with E-state index in [1.54, 1.807) is 7.05 Å². The van der Waals surface area contributed by atoms with Gasteiger partial charge in [0.25, 0.3) is 29.5 Å². The molecular formula is C65H85N13O15. The summed E-state index contributed by atoms with van der Waals surface area (Å²) in [5.74, 6) is -7.08. The minimum Gasteiger partial charge on any atom is -0.496 e. The summed E-state index contributed by atoms with van der Waals surface area (Å²) in [5.41, 5.74) is 23.3. The fraction of sp³-hybridized carbons (Fsp3) is 0.385. The fourth-order valence-corrected chi connectivity index (χ4v) is 9.73. The Morgan fingerprint density at radius 1 is 0.398 bits per heavy atom. The van der Waals surface area contributed by atoms with Crippen LogP contribution in [0.25, 0.3) is 0 Å². The van der Waals surface area contributed by atoms with E-state index >= 15 is 0 Å². The van der Waals surface area contributed by atoms with Crippen LogP contribution in [0.1, 0.15) is 139 Å². The van der Waals surface area contributed by atoms with Gasteiger partial charge in [-0.15, -0.1) is 0 Å². The molecule has 0 aliphatic carbocycles. The second-order valence-corrected chi connectivity index (χ2v) is 21.4. The lowest BCUT2D eigenvalue weighted by Crippen LogP contribution is -2.44. The zero-order valence-electron chi connectivity index (χ0n) is 52.8. The summed E-state index contributed by atoms with van der Waals surface area (Å²) in [6.45, 7) is 1.56. The quantitative estimate of drug-likeness (QED) is 0.0245. The van der Waals surface area contributed by atoms with Crippen LogP contribution < -0.4 is 89.7 Å². The molecule has 4 atom stereocenters. The van der Waals surface area contributed by atoms with Crippen molar-refractivity contribution in [1.82, 2.24) is 26.6 Å². The molecule has 28 nitrogen and oxygen atoms in total. The van der Waals surface area contributed by atoms with Crippen molar-refractivity contribution >= 4 is 81.9 Å². The number of anilines is 4. The highest BCUT2D eigenvalue weighted by Crippen LogP contribution is 2.28. The molecule has 18 N–H and O–H groups in total. The van der Waals surface area contributed by atoms with Gasteiger partial charge >= 0.3 is 5.97 Å². The third kappa shape index (κ3) is 22.3. The van der Waals surface area contributed by atoms with E-state index < -0.39 is 83.3 Å². The lowest BCUT2D eigenvalue weighted by molar-refractivity contribution is -0.118. The highest BCUT2D eigenvalue weighted by Gasteiger charge is 2.30. The van der Waals surface area contributed by atoms with Crippen molar-refractivity contribution in [3.8, 4) is 23.0 Å². The number of benzene rings is 5. The van der Waals surface area contributed by atoms with E-state index in [-0.39, 0.29) is 111 Å². The van der Waals surface area contributed by atoms with E-state index in [4.69, 9.17) is 41.9 Å². The smallest absolute Gasteiger partial charge is 0.335 e. The minimum atomic E-state index is -1.23. The van der Waals surface area contributed by atoms with Crippen molar-refractivity contribution in [2.75, 3.05) is 82.9 Å². The van der Waals surface area contributed by atoms with Crippen molar-refractivity contribution in [1.29, 1.82) is 0 Å². The van der Waals surface area contributed by atoms with Crippen LogP contribution >= 0.6 is 0 Å². The van der Waals surface area contributed by atoms with Crippen molar-refractivity contribution in [3.63, 3.8) is 0 Å². The molecular weight excluding hydrogens is 1200 g/mol. The lowest BCUT2D eigenvalue weighted by Gasteiger charge is -2.22. The maximum atomic E-state index is 14.4. The second-order valence-electron chi connectivity index (χ2n) is 21.4. The second kappa shape index (κ2) is 37.9. The summed E-state index contributed by atoms with van der Waals surface area (Å²) >= 11 is 0. The van der Waals surface area contributed by atoms with Crippen LogP contribution in [0.4, 0.5) is 22.7 Å². The van der Waals surface area contributed by atoms with E-state index in [0.717, 1.165) is 0 Å². The van der Waals surface area contributed by atoms with Crippen LogP contribution in [0.3, 0.4) is 0 Å². The van der Waals surface area contributed by atoms with Gasteiger partial charge in [-0.2, -0.15) is 0 Å². The van der Waals surface area contributed by atoms with E-state index in [9.17, 15) is 53.1 Å². The first-order valence-electron chi connectivity index (χ1n) is 30.3. The molecule has 0 heterocycles. The predicted octanol–water partition coefficient (Wildman–Crippen LogP) is 4.24. The van der Waals surface area contributed by atoms with Crippen LogP contribution in [0.15, 0.2) is 97.1 Å². The average molecular weight is 1290 g/mol. The number of rotatable bonds is 39. The standard InChI is InChI=1S/C65H85N13O15/c1-70-32-13-9-20-48(75-57(80)38-15-14-16-39(33-38)65(88)89)61(84)72-41-22-26-53(91-3)45(35-41)59(82)77-50(18-7-11-30-67)63(86)74-43-24-28-55(93-5)47(37-43)60(83)78-51(19-8-12-31-68)64(87)73-42-23-27-54(92-4)46(36-42)58(81)76-49(17-6-10-29-66)62(85)71-40-21-25-52(90-2)44(34-40)56(69)79/h14-16,21-28,33-37,48-51,70H,6-13,17-20,29-32,66-68H2,1-5H3,(H2,69,79)(H,71,85)(H,72,84)(H,73,87)(H,74,86)(H,75,80)(H,76,81)(H,77,82)(H,78,83)(H,88,89). The minimum absolute atomic E-state index is 0.0239. The summed E-state index contributed by atoms with van der Waals surface area (Å²) in [5, 5.41) is 34.6. The number of aromatic carboxylic acids is 1. The Kier molecular flexibility index (Phi) is 30.0. The number of amides is 9. The molecule has 4 unspecified atom stereocenters. The molecule has 0 radical (unpaired) electrons. The SMILES string of the molecule is CNCCCCC(NC(=O)c1cccc(C(=O)O)c1)C(=O)Nc1ccc(OC)c(C(=O)NC(CCCCN)C(=O)Nc2ccc(OC)c(C(=O)NC(CCCCN)C(=O)Nc3ccc(OC)c(C(=O)NC(CCCCN)C(=O)Nc4ccc(OC)c(C(N)=O)c4)c3)c2)c1. The van der Waals surface area contributed by atoms with Crippen LogP contribution in [0.2, 0.25) is 0 Å². The third-order valence-corrected chi connectivity index (χ3v) is 14.7. The number of methoxy groups -OCH3 is 4. The Hall–Kier alpha value is -10.2. The van der Waals surface area contributed by atoms with Gasteiger partial charge in [-0.25, -0.2) is 4.79 Å². The molecule has 500 valence electrons. The van der Waals surface area contributed by atoms with Crippen molar-refractivity contribution in [2.24, 2.45) is 22.9 Å². The van der Waals surface area contributed by atoms with Crippen LogP contribution in [-0.2, 0) is 19.2 Å². The number of nitrogens with two attached hydrogens (primary N) is 4. The normalized spacial score (nSPS) is 12.1. The summed E-state index contributed by atoms with van der Waals surface area (Å²) in [7, 11) is 7.15. The fourth-order valence-electron chi connectivity index (χ4n) is 9.73. The lowest BCUT2D eigenvalue weighted by atomic mass is 10.0. The number of hydrogen-bond acceptors (Lipinski definition) is 18. The zero-order valence-corrected chi connectivity index (χ0v) is 52.8. The molecule has 0 spiro atoms. The monoisotopic (exact) mass is 1290 g/mol. The number of unbranched alkanes of at least 4 members (excludes halogenated alkanes) is 4. The molecule has 5 aromatic rings. The number of carbonyl (C=O) groups is 10. The zero-order chi connectivity index (χ0) is 68.0. The number of carbonyl (C=O) groups excluding carboxylic acids is 9. The van der Waals surface area contributed by atoms with Crippen LogP contribution in [0, 0.1) is 0 Å². The molecule has 0 saturated heterocycles. The van der Waals surface area contributed by atoms with E-state index in [0.29, 0.717) is 71.0 Å². The van der Waals surface area contributed by atoms with Gasteiger partial charge in [0.2, 0.25) is 23.6 Å². The van der Waals surface area contributed by atoms with Gasteiger partial charge in [0.05, 0.1) is 56.3 Å². The first-order valence-corrected chi connectivity index (χ1v) is 30.3. The topological polar surface area (TPSA) is 440 Å². The van der Waals surface area contributed by atoms with Gasteiger partial charge in [0, 0.05) is 28.3 Å². The van der Waals surface area contributed by atoms with Gasteiger partial charge in [-0.3, -0.25) is 43.2 Å². The predicted molar refractivity (Wildman–Crippen MR) is 350 cm³/mol. The van der Waals surface area contributed by atoms with Gasteiger partial charge in [0.1, 0.15) is 47.2 Å². The Bertz CT molecular complexity index is 3440. The Morgan fingerprint density at radius 3 is 1.00 bits per heavy atom. The molecule has 28 heteroatoms. The van der Waals surface area contributed by atoms with E-state index in [1.165, 1.54) is 126 Å². The van der Waals surface area contributed by atoms with Crippen molar-refractivity contribution in [2.45, 2.75) is 101 Å². The number of nitrogens with one attached hydrogen (secondary N) is 9. The average Bonchev–Trinajstić information content (AvgIpc) is 1.91. The van der Waals surface area contributed by atoms with Gasteiger partial charge in [-0.1, -0.05) is 6.07 Å². The first-order chi connectivity index (χ1) is 44.7. The van der Waals surface area contributed by atoms with Crippen molar-refractivity contribution < 1.29 is 72.0 Å². The number of ether oxygens (including phenoxy) is 4. The summed E-state index contributed by atoms with van der Waals surface area (Å²) < 4.78 is 21.8. The highest BCUT2D eigenvalue weighted by molar-refractivity contribution is 6.08. The molecule has 5 rings (SSSR count). The highest BCUT2D eigenvalue weighted by atomic mass is 16.5. The molecule has 0 aliphatic heterocycles. The van der Waals surface area contributed by atoms with Gasteiger partial charge in [-0.05, 0) is 201 Å². The largest absolute Gasteiger partial charge is 0.496 e. The first kappa shape index (κ1) is 73.6. The van der Waals surface area contributed by atoms with Crippen LogP contribution in [0.5, 0.6) is 23.0 Å². The summed E-state index contributed by atoms with van der Waals surface area (Å²) in [6.07, 6.45) is 4.62. The number of hydrogen-bond donors (Lipinski definition) is 14. The van der Waals surface area contributed by atoms with Crippen molar-refractivity contribution in [3.05, 3.63) is 130 Å². The van der Waals surface area contributed by atoms with Gasteiger partial charge in [0.15, 0.2) is 0 Å². The molecule has 93 heavy (non-hydrogen) atoms. The van der Waals surface area contributed by atoms with Crippen LogP contribution in [-0.4, -0.2) is 150 Å². The Balaban J connectivity index is 1.34. The van der Waals surface area contributed by atoms with E-state index in [1.807, 2.05) is 0 Å². The number of primary amides is 1. The molecule has 9 amide bonds.